The summed E-state index contributed by atoms with van der Waals surface area (Å²) in [6.07, 6.45) is -0.332. The van der Waals surface area contributed by atoms with Gasteiger partial charge in [0, 0.05) is 37.6 Å². The Hall–Kier alpha value is -3.35. The SMILES string of the molecule is COC(=O)Cn1cc(CN2CCC(c3nc(-c4ccncc4)no3)(C(F)(F)F)C2)nn1. The fourth-order valence-corrected chi connectivity index (χ4v) is 3.50. The van der Waals surface area contributed by atoms with Crippen LogP contribution >= 0.6 is 0 Å². The van der Waals surface area contributed by atoms with Crippen molar-refractivity contribution in [2.24, 2.45) is 0 Å². The molecule has 0 N–H and O–H groups in total. The Morgan fingerprint density at radius 2 is 2.10 bits per heavy atom. The Balaban J connectivity index is 1.53. The Bertz CT molecular complexity index is 1050. The molecule has 4 rings (SSSR count). The second-order valence-electron chi connectivity index (χ2n) is 7.18. The third-order valence-electron chi connectivity index (χ3n) is 5.16. The monoisotopic (exact) mass is 437 g/mol. The highest BCUT2D eigenvalue weighted by atomic mass is 19.4. The second-order valence-corrected chi connectivity index (χ2v) is 7.18. The number of ether oxygens (including phenoxy) is 1. The van der Waals surface area contributed by atoms with Gasteiger partial charge in [-0.3, -0.25) is 14.7 Å². The number of alkyl halides is 3. The van der Waals surface area contributed by atoms with Crippen molar-refractivity contribution >= 4 is 5.97 Å². The van der Waals surface area contributed by atoms with Crippen LogP contribution in [-0.2, 0) is 28.0 Å². The van der Waals surface area contributed by atoms with Gasteiger partial charge >= 0.3 is 12.1 Å². The van der Waals surface area contributed by atoms with Crippen molar-refractivity contribution < 1.29 is 27.2 Å². The van der Waals surface area contributed by atoms with Gasteiger partial charge in [-0.15, -0.1) is 5.10 Å². The van der Waals surface area contributed by atoms with Gasteiger partial charge in [0.1, 0.15) is 6.54 Å². The molecule has 3 aromatic rings. The zero-order chi connectivity index (χ0) is 22.1. The van der Waals surface area contributed by atoms with Crippen LogP contribution in [0.3, 0.4) is 0 Å². The normalized spacial score (nSPS) is 19.6. The van der Waals surface area contributed by atoms with Crippen LogP contribution < -0.4 is 0 Å². The van der Waals surface area contributed by atoms with Crippen molar-refractivity contribution in [1.29, 1.82) is 0 Å². The highest BCUT2D eigenvalue weighted by Gasteiger charge is 2.62. The molecule has 0 aliphatic carbocycles. The highest BCUT2D eigenvalue weighted by molar-refractivity contribution is 5.68. The maximum absolute atomic E-state index is 14.2. The van der Waals surface area contributed by atoms with E-state index in [9.17, 15) is 18.0 Å². The molecule has 10 nitrogen and oxygen atoms in total. The third-order valence-corrected chi connectivity index (χ3v) is 5.16. The first kappa shape index (κ1) is 20.9. The number of esters is 1. The summed E-state index contributed by atoms with van der Waals surface area (Å²) in [6.45, 7) is -0.214. The van der Waals surface area contributed by atoms with E-state index in [-0.39, 0.29) is 38.4 Å². The van der Waals surface area contributed by atoms with E-state index < -0.39 is 23.5 Å². The van der Waals surface area contributed by atoms with Gasteiger partial charge in [0.25, 0.3) is 0 Å². The number of aromatic nitrogens is 6. The van der Waals surface area contributed by atoms with Crippen molar-refractivity contribution in [3.63, 3.8) is 0 Å². The molecule has 1 aliphatic heterocycles. The van der Waals surface area contributed by atoms with Crippen LogP contribution in [0.25, 0.3) is 11.4 Å². The summed E-state index contributed by atoms with van der Waals surface area (Å²) >= 11 is 0. The summed E-state index contributed by atoms with van der Waals surface area (Å²) in [4.78, 5) is 20.8. The fraction of sp³-hybridized carbons (Fsp3) is 0.444. The number of likely N-dealkylation sites (tertiary alicyclic amines) is 1. The molecule has 0 spiro atoms. The van der Waals surface area contributed by atoms with Gasteiger partial charge in [-0.05, 0) is 18.6 Å². The van der Waals surface area contributed by atoms with Gasteiger partial charge in [-0.25, -0.2) is 4.68 Å². The number of pyridine rings is 1. The minimum absolute atomic E-state index is 0.0743. The molecule has 1 fully saturated rings. The van der Waals surface area contributed by atoms with Crippen molar-refractivity contribution in [3.05, 3.63) is 42.3 Å². The quantitative estimate of drug-likeness (QED) is 0.531. The number of carbonyl (C=O) groups is 1. The van der Waals surface area contributed by atoms with E-state index in [4.69, 9.17) is 4.52 Å². The third kappa shape index (κ3) is 4.13. The lowest BCUT2D eigenvalue weighted by atomic mass is 9.86. The van der Waals surface area contributed by atoms with Crippen LogP contribution in [0.4, 0.5) is 13.2 Å². The molecule has 164 valence electrons. The number of rotatable bonds is 6. The molecule has 1 saturated heterocycles. The Labute approximate surface area is 174 Å². The summed E-state index contributed by atoms with van der Waals surface area (Å²) in [5.74, 6) is -0.899. The molecule has 3 aromatic heterocycles. The molecule has 0 aromatic carbocycles. The summed E-state index contributed by atoms with van der Waals surface area (Å²) in [5, 5.41) is 11.5. The number of halogens is 3. The van der Waals surface area contributed by atoms with E-state index in [1.165, 1.54) is 30.4 Å². The molecular formula is C18H18F3N7O3. The van der Waals surface area contributed by atoms with E-state index in [2.05, 4.69) is 30.2 Å². The molecule has 0 amide bonds. The predicted molar refractivity (Wildman–Crippen MR) is 97.2 cm³/mol. The Morgan fingerprint density at radius 1 is 1.32 bits per heavy atom. The molecule has 1 atom stereocenters. The lowest BCUT2D eigenvalue weighted by Crippen LogP contribution is -2.45. The Kier molecular flexibility index (Phi) is 5.43. The standard InChI is InChI=1S/C18H18F3N7O3/c1-30-14(29)10-28-9-13(24-26-28)8-27-7-4-17(11-27,18(19,20)21)16-23-15(25-31-16)12-2-5-22-6-3-12/h2-3,5-6,9H,4,7-8,10-11H2,1H3. The Morgan fingerprint density at radius 3 is 2.81 bits per heavy atom. The van der Waals surface area contributed by atoms with Gasteiger partial charge in [0.05, 0.1) is 19.0 Å². The van der Waals surface area contributed by atoms with E-state index in [1.807, 2.05) is 0 Å². The summed E-state index contributed by atoms with van der Waals surface area (Å²) in [6, 6.07) is 3.18. The van der Waals surface area contributed by atoms with Crippen LogP contribution in [0.1, 0.15) is 18.0 Å². The molecule has 0 radical (unpaired) electrons. The maximum Gasteiger partial charge on any atom is 0.404 e. The van der Waals surface area contributed by atoms with Crippen LogP contribution in [0, 0.1) is 0 Å². The van der Waals surface area contributed by atoms with Crippen LogP contribution in [-0.4, -0.2) is 67.4 Å². The van der Waals surface area contributed by atoms with E-state index in [1.54, 1.807) is 17.0 Å². The topological polar surface area (TPSA) is 112 Å². The summed E-state index contributed by atoms with van der Waals surface area (Å²) < 4.78 is 53.4. The predicted octanol–water partition coefficient (Wildman–Crippen LogP) is 1.60. The molecule has 1 aliphatic rings. The number of hydrogen-bond acceptors (Lipinski definition) is 9. The average Bonchev–Trinajstić information content (AvgIpc) is 3.48. The summed E-state index contributed by atoms with van der Waals surface area (Å²) in [5.41, 5.74) is -1.34. The molecule has 13 heteroatoms. The van der Waals surface area contributed by atoms with Crippen LogP contribution in [0.5, 0.6) is 0 Å². The van der Waals surface area contributed by atoms with Gasteiger partial charge in [-0.1, -0.05) is 10.4 Å². The molecule has 0 bridgehead atoms. The largest absolute Gasteiger partial charge is 0.468 e. The minimum atomic E-state index is -4.59. The van der Waals surface area contributed by atoms with Gasteiger partial charge in [0.15, 0.2) is 5.41 Å². The van der Waals surface area contributed by atoms with Crippen LogP contribution in [0.2, 0.25) is 0 Å². The minimum Gasteiger partial charge on any atom is -0.468 e. The fourth-order valence-electron chi connectivity index (χ4n) is 3.50. The number of hydrogen-bond donors (Lipinski definition) is 0. The smallest absolute Gasteiger partial charge is 0.404 e. The van der Waals surface area contributed by atoms with Gasteiger partial charge < -0.3 is 9.26 Å². The lowest BCUT2D eigenvalue weighted by molar-refractivity contribution is -0.193. The molecule has 1 unspecified atom stereocenters. The average molecular weight is 437 g/mol. The van der Waals surface area contributed by atoms with Gasteiger partial charge in [-0.2, -0.15) is 18.2 Å². The van der Waals surface area contributed by atoms with Crippen molar-refractivity contribution in [1.82, 2.24) is 35.0 Å². The van der Waals surface area contributed by atoms with Crippen LogP contribution in [0.15, 0.2) is 35.2 Å². The van der Waals surface area contributed by atoms with E-state index in [0.29, 0.717) is 11.3 Å². The molecule has 31 heavy (non-hydrogen) atoms. The number of carbonyl (C=O) groups excluding carboxylic acids is 1. The first-order valence-corrected chi connectivity index (χ1v) is 9.30. The second kappa shape index (κ2) is 8.06. The first-order chi connectivity index (χ1) is 14.8. The van der Waals surface area contributed by atoms with Gasteiger partial charge in [0.2, 0.25) is 11.7 Å². The molecule has 4 heterocycles. The zero-order valence-corrected chi connectivity index (χ0v) is 16.4. The van der Waals surface area contributed by atoms with Crippen molar-refractivity contribution in [2.75, 3.05) is 20.2 Å². The maximum atomic E-state index is 14.2. The number of methoxy groups -OCH3 is 1. The van der Waals surface area contributed by atoms with Crippen molar-refractivity contribution in [3.8, 4) is 11.4 Å². The van der Waals surface area contributed by atoms with E-state index in [0.717, 1.165) is 0 Å². The van der Waals surface area contributed by atoms with Crippen molar-refractivity contribution in [2.45, 2.75) is 31.1 Å². The van der Waals surface area contributed by atoms with E-state index >= 15 is 0 Å². The summed E-state index contributed by atoms with van der Waals surface area (Å²) in [7, 11) is 1.25. The highest BCUT2D eigenvalue weighted by Crippen LogP contribution is 2.47. The first-order valence-electron chi connectivity index (χ1n) is 9.30. The zero-order valence-electron chi connectivity index (χ0n) is 16.4. The number of nitrogens with zero attached hydrogens (tertiary/aromatic N) is 7. The molecular weight excluding hydrogens is 419 g/mol. The lowest BCUT2D eigenvalue weighted by Gasteiger charge is -2.27. The molecule has 0 saturated carbocycles.